The number of unbranched alkanes of at least 4 members (excludes halogenated alkanes) is 1. The summed E-state index contributed by atoms with van der Waals surface area (Å²) < 4.78 is 10.2. The number of rotatable bonds is 7. The first kappa shape index (κ1) is 14.5. The van der Waals surface area contributed by atoms with Crippen LogP contribution in [0.4, 0.5) is 4.79 Å². The summed E-state index contributed by atoms with van der Waals surface area (Å²) in [5.74, 6) is 0.396. The van der Waals surface area contributed by atoms with E-state index >= 15 is 0 Å². The molecule has 1 aromatic rings. The first-order valence-electron chi connectivity index (χ1n) is 6.21. The van der Waals surface area contributed by atoms with Gasteiger partial charge in [-0.2, -0.15) is 0 Å². The second-order valence-corrected chi connectivity index (χ2v) is 4.20. The highest BCUT2D eigenvalue weighted by Gasteiger charge is 2.08. The van der Waals surface area contributed by atoms with Gasteiger partial charge in [0, 0.05) is 6.61 Å². The van der Waals surface area contributed by atoms with Gasteiger partial charge in [-0.1, -0.05) is 31.0 Å². The average Bonchev–Trinajstić information content (AvgIpc) is 2.31. The smallest absolute Gasteiger partial charge is 0.449 e. The molecule has 4 heteroatoms. The van der Waals surface area contributed by atoms with Crippen molar-refractivity contribution in [1.82, 2.24) is 0 Å². The van der Waals surface area contributed by atoms with E-state index in [-0.39, 0.29) is 0 Å². The minimum atomic E-state index is -1.29. The topological polar surface area (TPSA) is 55.8 Å². The molecule has 0 radical (unpaired) electrons. The van der Waals surface area contributed by atoms with Crippen molar-refractivity contribution in [2.75, 3.05) is 13.2 Å². The Bertz CT molecular complexity index is 387. The molecule has 1 rings (SSSR count). The molecule has 0 spiro atoms. The fourth-order valence-electron chi connectivity index (χ4n) is 1.63. The van der Waals surface area contributed by atoms with Gasteiger partial charge in [0.2, 0.25) is 0 Å². The highest BCUT2D eigenvalue weighted by atomic mass is 16.7. The van der Waals surface area contributed by atoms with Crippen LogP contribution in [0.2, 0.25) is 0 Å². The van der Waals surface area contributed by atoms with Crippen LogP contribution in [0.15, 0.2) is 18.2 Å². The Morgan fingerprint density at radius 1 is 1.33 bits per heavy atom. The van der Waals surface area contributed by atoms with Gasteiger partial charge in [-0.15, -0.1) is 0 Å². The first-order valence-corrected chi connectivity index (χ1v) is 6.21. The van der Waals surface area contributed by atoms with E-state index in [9.17, 15) is 4.79 Å². The molecule has 1 aromatic carbocycles. The lowest BCUT2D eigenvalue weighted by Gasteiger charge is -2.09. The Morgan fingerprint density at radius 3 is 2.78 bits per heavy atom. The molecule has 0 aliphatic heterocycles. The molecule has 0 amide bonds. The zero-order chi connectivity index (χ0) is 13.4. The fraction of sp³-hybridized carbons (Fsp3) is 0.500. The van der Waals surface area contributed by atoms with Crippen LogP contribution in [0, 0.1) is 6.92 Å². The van der Waals surface area contributed by atoms with Gasteiger partial charge in [0.1, 0.15) is 5.75 Å². The molecule has 0 aliphatic carbocycles. The zero-order valence-corrected chi connectivity index (χ0v) is 10.9. The number of benzene rings is 1. The molecular formula is C14H20O4. The van der Waals surface area contributed by atoms with Gasteiger partial charge in [0.15, 0.2) is 0 Å². The van der Waals surface area contributed by atoms with Crippen LogP contribution in [-0.2, 0) is 11.2 Å². The van der Waals surface area contributed by atoms with E-state index in [0.717, 1.165) is 30.6 Å². The van der Waals surface area contributed by atoms with Crippen molar-refractivity contribution in [1.29, 1.82) is 0 Å². The van der Waals surface area contributed by atoms with E-state index in [2.05, 4.69) is 6.92 Å². The second-order valence-electron chi connectivity index (χ2n) is 4.20. The summed E-state index contributed by atoms with van der Waals surface area (Å²) >= 11 is 0. The third-order valence-electron chi connectivity index (χ3n) is 2.57. The Hall–Kier alpha value is -1.55. The summed E-state index contributed by atoms with van der Waals surface area (Å²) in [6.07, 6.45) is 1.53. The average molecular weight is 252 g/mol. The molecule has 1 N–H and O–H groups in total. The van der Waals surface area contributed by atoms with E-state index in [1.165, 1.54) is 0 Å². The minimum absolute atomic E-state index is 0.396. The summed E-state index contributed by atoms with van der Waals surface area (Å²) in [7, 11) is 0. The highest BCUT2D eigenvalue weighted by molar-refractivity contribution is 5.62. The molecule has 0 unspecified atom stereocenters. The molecule has 0 aliphatic rings. The summed E-state index contributed by atoms with van der Waals surface area (Å²) in [5, 5.41) is 8.65. The number of carboxylic acid groups (broad SMARTS) is 1. The quantitative estimate of drug-likeness (QED) is 0.459. The molecule has 0 atom stereocenters. The normalized spacial score (nSPS) is 10.3. The summed E-state index contributed by atoms with van der Waals surface area (Å²) in [4.78, 5) is 10.6. The SMILES string of the molecule is CCCCOCCc1cc(C)ccc1OC(=O)O. The van der Waals surface area contributed by atoms with Crippen LogP contribution >= 0.6 is 0 Å². The molecule has 0 fully saturated rings. The van der Waals surface area contributed by atoms with Crippen LogP contribution in [0.3, 0.4) is 0 Å². The monoisotopic (exact) mass is 252 g/mol. The van der Waals surface area contributed by atoms with Gasteiger partial charge in [0.05, 0.1) is 6.61 Å². The molecule has 0 saturated heterocycles. The molecule has 18 heavy (non-hydrogen) atoms. The van der Waals surface area contributed by atoms with E-state index in [1.807, 2.05) is 19.1 Å². The van der Waals surface area contributed by atoms with Gasteiger partial charge in [-0.05, 0) is 31.4 Å². The van der Waals surface area contributed by atoms with Crippen molar-refractivity contribution in [3.05, 3.63) is 29.3 Å². The molecular weight excluding hydrogens is 232 g/mol. The number of hydrogen-bond donors (Lipinski definition) is 1. The number of carbonyl (C=O) groups is 1. The van der Waals surface area contributed by atoms with Crippen LogP contribution in [0.5, 0.6) is 5.75 Å². The van der Waals surface area contributed by atoms with Gasteiger partial charge >= 0.3 is 6.16 Å². The maximum Gasteiger partial charge on any atom is 0.511 e. The Balaban J connectivity index is 2.56. The minimum Gasteiger partial charge on any atom is -0.449 e. The molecule has 0 bridgehead atoms. The first-order chi connectivity index (χ1) is 8.63. The predicted octanol–water partition coefficient (Wildman–Crippen LogP) is 3.41. The summed E-state index contributed by atoms with van der Waals surface area (Å²) in [5.41, 5.74) is 1.95. The van der Waals surface area contributed by atoms with Gasteiger partial charge in [-0.3, -0.25) is 0 Å². The Kier molecular flexibility index (Phi) is 6.22. The highest BCUT2D eigenvalue weighted by Crippen LogP contribution is 2.21. The molecule has 4 nitrogen and oxygen atoms in total. The maximum absolute atomic E-state index is 10.6. The van der Waals surface area contributed by atoms with E-state index in [1.54, 1.807) is 6.07 Å². The van der Waals surface area contributed by atoms with Crippen molar-refractivity contribution >= 4 is 6.16 Å². The maximum atomic E-state index is 10.6. The second kappa shape index (κ2) is 7.71. The van der Waals surface area contributed by atoms with Crippen molar-refractivity contribution in [3.63, 3.8) is 0 Å². The lowest BCUT2D eigenvalue weighted by Crippen LogP contribution is -2.07. The molecule has 0 aromatic heterocycles. The van der Waals surface area contributed by atoms with E-state index in [0.29, 0.717) is 18.8 Å². The third kappa shape index (κ3) is 5.19. The lowest BCUT2D eigenvalue weighted by atomic mass is 10.1. The van der Waals surface area contributed by atoms with Crippen molar-refractivity contribution in [2.24, 2.45) is 0 Å². The molecule has 100 valence electrons. The number of aryl methyl sites for hydroxylation is 1. The van der Waals surface area contributed by atoms with Crippen molar-refractivity contribution in [2.45, 2.75) is 33.1 Å². The van der Waals surface area contributed by atoms with Gasteiger partial charge in [0.25, 0.3) is 0 Å². The van der Waals surface area contributed by atoms with Crippen LogP contribution in [0.25, 0.3) is 0 Å². The lowest BCUT2D eigenvalue weighted by molar-refractivity contribution is 0.131. The van der Waals surface area contributed by atoms with Gasteiger partial charge in [-0.25, -0.2) is 4.79 Å². The standard InChI is InChI=1S/C14H20O4/c1-3-4-8-17-9-7-12-10-11(2)5-6-13(12)18-14(15)16/h5-6,10H,3-4,7-9H2,1-2H3,(H,15,16). The van der Waals surface area contributed by atoms with Crippen LogP contribution in [0.1, 0.15) is 30.9 Å². The van der Waals surface area contributed by atoms with Gasteiger partial charge < -0.3 is 14.6 Å². The van der Waals surface area contributed by atoms with Crippen molar-refractivity contribution in [3.8, 4) is 5.75 Å². The van der Waals surface area contributed by atoms with Crippen molar-refractivity contribution < 1.29 is 19.4 Å². The molecule has 0 saturated carbocycles. The molecule has 0 heterocycles. The zero-order valence-electron chi connectivity index (χ0n) is 10.9. The van der Waals surface area contributed by atoms with E-state index in [4.69, 9.17) is 14.6 Å². The third-order valence-corrected chi connectivity index (χ3v) is 2.57. The fourth-order valence-corrected chi connectivity index (χ4v) is 1.63. The van der Waals surface area contributed by atoms with Crippen LogP contribution < -0.4 is 4.74 Å². The number of ether oxygens (including phenoxy) is 2. The Morgan fingerprint density at radius 2 is 2.11 bits per heavy atom. The van der Waals surface area contributed by atoms with Crippen LogP contribution in [-0.4, -0.2) is 24.5 Å². The summed E-state index contributed by atoms with van der Waals surface area (Å²) in [6.45, 7) is 5.41. The predicted molar refractivity (Wildman–Crippen MR) is 69.3 cm³/mol. The van der Waals surface area contributed by atoms with E-state index < -0.39 is 6.16 Å². The number of hydrogen-bond acceptors (Lipinski definition) is 3. The Labute approximate surface area is 108 Å². The summed E-state index contributed by atoms with van der Waals surface area (Å²) in [6, 6.07) is 5.45. The largest absolute Gasteiger partial charge is 0.511 e.